The molecule has 0 atom stereocenters. The molecule has 0 aliphatic rings. The van der Waals surface area contributed by atoms with E-state index in [0.29, 0.717) is 0 Å². The van der Waals surface area contributed by atoms with Gasteiger partial charge < -0.3 is 0 Å². The summed E-state index contributed by atoms with van der Waals surface area (Å²) in [4.78, 5) is 0. The number of fused-ring (bicyclic) bond motifs is 1. The third-order valence-corrected chi connectivity index (χ3v) is 3.30. The van der Waals surface area contributed by atoms with Gasteiger partial charge in [0.15, 0.2) is 0 Å². The number of aryl methyl sites for hydroxylation is 1. The Bertz CT molecular complexity index is 683. The van der Waals surface area contributed by atoms with E-state index >= 15 is 0 Å². The molecule has 0 N–H and O–H groups in total. The maximum Gasteiger partial charge on any atom is 0.0689 e. The number of rotatable bonds is 2. The van der Waals surface area contributed by atoms with Gasteiger partial charge in [-0.05, 0) is 36.2 Å². The van der Waals surface area contributed by atoms with E-state index in [1.165, 1.54) is 22.0 Å². The first-order chi connectivity index (χ1) is 8.72. The normalized spacial score (nSPS) is 11.0. The van der Waals surface area contributed by atoms with Crippen LogP contribution in [0.1, 0.15) is 11.1 Å². The van der Waals surface area contributed by atoms with E-state index in [0.717, 1.165) is 11.6 Å². The van der Waals surface area contributed by atoms with Gasteiger partial charge in [-0.1, -0.05) is 35.9 Å². The number of aromatic nitrogens is 2. The van der Waals surface area contributed by atoms with E-state index in [1.54, 1.807) is 0 Å². The standard InChI is InChI=1S/C15H13ClN2/c1-11-2-5-13-9-17-18(15(13)8-11)10-12-3-6-14(16)7-4-12/h2-9H,10H2,1H3. The molecule has 90 valence electrons. The van der Waals surface area contributed by atoms with E-state index < -0.39 is 0 Å². The van der Waals surface area contributed by atoms with Gasteiger partial charge in [-0.2, -0.15) is 5.10 Å². The van der Waals surface area contributed by atoms with Crippen molar-refractivity contribution in [3.05, 3.63) is 64.8 Å². The molecule has 1 heterocycles. The zero-order chi connectivity index (χ0) is 12.5. The van der Waals surface area contributed by atoms with Crippen LogP contribution in [0.5, 0.6) is 0 Å². The van der Waals surface area contributed by atoms with Crippen LogP contribution in [0.25, 0.3) is 10.9 Å². The molecular weight excluding hydrogens is 244 g/mol. The molecule has 0 aliphatic carbocycles. The number of nitrogens with zero attached hydrogens (tertiary/aromatic N) is 2. The highest BCUT2D eigenvalue weighted by Crippen LogP contribution is 2.17. The van der Waals surface area contributed by atoms with Gasteiger partial charge in [0.1, 0.15) is 0 Å². The molecule has 0 saturated carbocycles. The van der Waals surface area contributed by atoms with Crippen LogP contribution < -0.4 is 0 Å². The molecule has 2 aromatic carbocycles. The second-order valence-corrected chi connectivity index (χ2v) is 4.93. The first-order valence-electron chi connectivity index (χ1n) is 5.89. The van der Waals surface area contributed by atoms with Crippen molar-refractivity contribution in [2.75, 3.05) is 0 Å². The Labute approximate surface area is 111 Å². The van der Waals surface area contributed by atoms with Gasteiger partial charge in [0.2, 0.25) is 0 Å². The lowest BCUT2D eigenvalue weighted by Gasteiger charge is -2.04. The molecule has 0 bridgehead atoms. The van der Waals surface area contributed by atoms with Crippen molar-refractivity contribution in [3.63, 3.8) is 0 Å². The molecule has 3 heteroatoms. The Kier molecular flexibility index (Phi) is 2.80. The summed E-state index contributed by atoms with van der Waals surface area (Å²) in [6.07, 6.45) is 1.91. The number of halogens is 1. The predicted molar refractivity (Wildman–Crippen MR) is 75.0 cm³/mol. The van der Waals surface area contributed by atoms with Crippen LogP contribution in [0.2, 0.25) is 5.02 Å². The highest BCUT2D eigenvalue weighted by atomic mass is 35.5. The Morgan fingerprint density at radius 2 is 1.89 bits per heavy atom. The number of hydrogen-bond acceptors (Lipinski definition) is 1. The summed E-state index contributed by atoms with van der Waals surface area (Å²) in [6.45, 7) is 2.86. The largest absolute Gasteiger partial charge is 0.260 e. The minimum absolute atomic E-state index is 0.764. The maximum absolute atomic E-state index is 5.89. The zero-order valence-corrected chi connectivity index (χ0v) is 10.9. The lowest BCUT2D eigenvalue weighted by atomic mass is 10.2. The Morgan fingerprint density at radius 1 is 1.11 bits per heavy atom. The second-order valence-electron chi connectivity index (χ2n) is 4.49. The molecule has 0 amide bonds. The van der Waals surface area contributed by atoms with Crippen LogP contribution in [0.4, 0.5) is 0 Å². The summed E-state index contributed by atoms with van der Waals surface area (Å²) in [7, 11) is 0. The third-order valence-electron chi connectivity index (χ3n) is 3.05. The summed E-state index contributed by atoms with van der Waals surface area (Å²) in [5, 5.41) is 6.38. The van der Waals surface area contributed by atoms with Gasteiger partial charge in [0, 0.05) is 10.4 Å². The molecule has 0 aliphatic heterocycles. The molecule has 0 saturated heterocycles. The van der Waals surface area contributed by atoms with Gasteiger partial charge in [-0.25, -0.2) is 0 Å². The predicted octanol–water partition coefficient (Wildman–Crippen LogP) is 4.05. The fourth-order valence-corrected chi connectivity index (χ4v) is 2.20. The Hall–Kier alpha value is -1.80. The molecule has 3 aromatic rings. The van der Waals surface area contributed by atoms with Crippen LogP contribution in [0, 0.1) is 6.92 Å². The van der Waals surface area contributed by atoms with Crippen molar-refractivity contribution in [2.24, 2.45) is 0 Å². The first-order valence-corrected chi connectivity index (χ1v) is 6.27. The average Bonchev–Trinajstić information content (AvgIpc) is 2.75. The van der Waals surface area contributed by atoms with E-state index in [4.69, 9.17) is 11.6 Å². The van der Waals surface area contributed by atoms with Crippen molar-refractivity contribution in [2.45, 2.75) is 13.5 Å². The Balaban J connectivity index is 1.99. The van der Waals surface area contributed by atoms with E-state index in [2.05, 4.69) is 30.2 Å². The summed E-state index contributed by atoms with van der Waals surface area (Å²) in [6, 6.07) is 14.3. The zero-order valence-electron chi connectivity index (χ0n) is 10.1. The Morgan fingerprint density at radius 3 is 2.67 bits per heavy atom. The number of hydrogen-bond donors (Lipinski definition) is 0. The molecular formula is C15H13ClN2. The lowest BCUT2D eigenvalue weighted by Crippen LogP contribution is -2.01. The summed E-state index contributed by atoms with van der Waals surface area (Å²) < 4.78 is 2.02. The van der Waals surface area contributed by atoms with Crippen LogP contribution in [0.15, 0.2) is 48.7 Å². The molecule has 2 nitrogen and oxygen atoms in total. The number of benzene rings is 2. The summed E-state index contributed by atoms with van der Waals surface area (Å²) in [5.74, 6) is 0. The molecule has 0 fully saturated rings. The molecule has 3 rings (SSSR count). The summed E-state index contributed by atoms with van der Waals surface area (Å²) in [5.41, 5.74) is 3.62. The van der Waals surface area contributed by atoms with E-state index in [-0.39, 0.29) is 0 Å². The van der Waals surface area contributed by atoms with Gasteiger partial charge in [-0.15, -0.1) is 0 Å². The van der Waals surface area contributed by atoms with Gasteiger partial charge >= 0.3 is 0 Å². The van der Waals surface area contributed by atoms with Crippen molar-refractivity contribution in [1.82, 2.24) is 9.78 Å². The van der Waals surface area contributed by atoms with Crippen LogP contribution in [0.3, 0.4) is 0 Å². The first kappa shape index (κ1) is 11.3. The van der Waals surface area contributed by atoms with Crippen molar-refractivity contribution >= 4 is 22.5 Å². The van der Waals surface area contributed by atoms with Crippen LogP contribution >= 0.6 is 11.6 Å². The molecule has 1 aromatic heterocycles. The fourth-order valence-electron chi connectivity index (χ4n) is 2.07. The molecule has 0 unspecified atom stereocenters. The van der Waals surface area contributed by atoms with Gasteiger partial charge in [0.05, 0.1) is 18.3 Å². The lowest BCUT2D eigenvalue weighted by molar-refractivity contribution is 0.712. The topological polar surface area (TPSA) is 17.8 Å². The highest BCUT2D eigenvalue weighted by molar-refractivity contribution is 6.30. The van der Waals surface area contributed by atoms with Crippen molar-refractivity contribution in [1.29, 1.82) is 0 Å². The van der Waals surface area contributed by atoms with Gasteiger partial charge in [0.25, 0.3) is 0 Å². The monoisotopic (exact) mass is 256 g/mol. The SMILES string of the molecule is Cc1ccc2cnn(Cc3ccc(Cl)cc3)c2c1. The third kappa shape index (κ3) is 2.12. The highest BCUT2D eigenvalue weighted by Gasteiger charge is 2.03. The quantitative estimate of drug-likeness (QED) is 0.676. The van der Waals surface area contributed by atoms with E-state index in [9.17, 15) is 0 Å². The molecule has 0 spiro atoms. The minimum atomic E-state index is 0.764. The van der Waals surface area contributed by atoms with Gasteiger partial charge in [-0.3, -0.25) is 4.68 Å². The minimum Gasteiger partial charge on any atom is -0.260 e. The van der Waals surface area contributed by atoms with Crippen LogP contribution in [-0.4, -0.2) is 9.78 Å². The second kappa shape index (κ2) is 4.46. The fraction of sp³-hybridized carbons (Fsp3) is 0.133. The average molecular weight is 257 g/mol. The molecule has 18 heavy (non-hydrogen) atoms. The smallest absolute Gasteiger partial charge is 0.0689 e. The molecule has 0 radical (unpaired) electrons. The van der Waals surface area contributed by atoms with E-state index in [1.807, 2.05) is 35.1 Å². The summed E-state index contributed by atoms with van der Waals surface area (Å²) >= 11 is 5.89. The maximum atomic E-state index is 5.89. The van der Waals surface area contributed by atoms with Crippen LogP contribution in [-0.2, 0) is 6.54 Å². The van der Waals surface area contributed by atoms with Crippen molar-refractivity contribution in [3.8, 4) is 0 Å². The van der Waals surface area contributed by atoms with Crippen molar-refractivity contribution < 1.29 is 0 Å².